The minimum absolute atomic E-state index is 0.0686. The van der Waals surface area contributed by atoms with Crippen molar-refractivity contribution in [1.82, 2.24) is 9.88 Å². The smallest absolute Gasteiger partial charge is 0.230 e. The van der Waals surface area contributed by atoms with Crippen LogP contribution < -0.4 is 5.32 Å². The molecule has 0 saturated carbocycles. The third kappa shape index (κ3) is 3.77. The Morgan fingerprint density at radius 1 is 1.40 bits per heavy atom. The molecule has 0 saturated heterocycles. The summed E-state index contributed by atoms with van der Waals surface area (Å²) in [6.07, 6.45) is 2.93. The van der Waals surface area contributed by atoms with Crippen molar-refractivity contribution in [3.63, 3.8) is 0 Å². The molecule has 1 heterocycles. The molecule has 0 fully saturated rings. The zero-order valence-corrected chi connectivity index (χ0v) is 12.7. The first-order chi connectivity index (χ1) is 9.72. The number of methoxy groups -OCH3 is 1. The maximum absolute atomic E-state index is 11.7. The number of thioether (sulfide) groups is 1. The Labute approximate surface area is 123 Å². The van der Waals surface area contributed by atoms with Crippen LogP contribution >= 0.6 is 11.8 Å². The van der Waals surface area contributed by atoms with Gasteiger partial charge < -0.3 is 14.6 Å². The maximum atomic E-state index is 11.7. The standard InChI is InChI=1S/C15H20N2O2S/c1-17-10-14(12-6-3-4-7-13(12)17)20-11-15(18)16-8-5-9-19-2/h3-4,6-7,10H,5,8-9,11H2,1-2H3,(H,16,18). The third-order valence-corrected chi connectivity index (χ3v) is 4.11. The summed E-state index contributed by atoms with van der Waals surface area (Å²) >= 11 is 1.58. The number of carbonyl (C=O) groups excluding carboxylic acids is 1. The normalized spacial score (nSPS) is 10.9. The van der Waals surface area contributed by atoms with Gasteiger partial charge in [0, 0.05) is 49.3 Å². The van der Waals surface area contributed by atoms with Crippen molar-refractivity contribution in [2.24, 2.45) is 7.05 Å². The molecule has 1 N–H and O–H groups in total. The van der Waals surface area contributed by atoms with Gasteiger partial charge in [-0.3, -0.25) is 4.79 Å². The van der Waals surface area contributed by atoms with Gasteiger partial charge in [0.2, 0.25) is 5.91 Å². The van der Waals surface area contributed by atoms with Gasteiger partial charge in [0.1, 0.15) is 0 Å². The lowest BCUT2D eigenvalue weighted by molar-refractivity contribution is -0.118. The quantitative estimate of drug-likeness (QED) is 0.629. The van der Waals surface area contributed by atoms with Gasteiger partial charge in [-0.1, -0.05) is 18.2 Å². The van der Waals surface area contributed by atoms with Gasteiger partial charge in [-0.25, -0.2) is 0 Å². The van der Waals surface area contributed by atoms with E-state index in [9.17, 15) is 4.79 Å². The van der Waals surface area contributed by atoms with Gasteiger partial charge in [0.25, 0.3) is 0 Å². The molecule has 108 valence electrons. The van der Waals surface area contributed by atoms with Gasteiger partial charge in [-0.15, -0.1) is 11.8 Å². The monoisotopic (exact) mass is 292 g/mol. The Balaban J connectivity index is 1.88. The molecule has 1 amide bonds. The molecule has 1 aromatic carbocycles. The van der Waals surface area contributed by atoms with Crippen molar-refractivity contribution < 1.29 is 9.53 Å². The number of benzene rings is 1. The number of fused-ring (bicyclic) bond motifs is 1. The summed E-state index contributed by atoms with van der Waals surface area (Å²) in [5.74, 6) is 0.514. The number of amides is 1. The molecule has 0 aliphatic carbocycles. The summed E-state index contributed by atoms with van der Waals surface area (Å²) in [5.41, 5.74) is 1.19. The number of rotatable bonds is 7. The number of hydrogen-bond acceptors (Lipinski definition) is 3. The molecule has 0 spiro atoms. The van der Waals surface area contributed by atoms with Crippen LogP contribution in [0.5, 0.6) is 0 Å². The van der Waals surface area contributed by atoms with Crippen LogP contribution in [0.1, 0.15) is 6.42 Å². The first-order valence-corrected chi connectivity index (χ1v) is 7.63. The van der Waals surface area contributed by atoms with Crippen LogP contribution in [0.4, 0.5) is 0 Å². The van der Waals surface area contributed by atoms with E-state index in [4.69, 9.17) is 4.74 Å². The lowest BCUT2D eigenvalue weighted by atomic mass is 10.2. The molecule has 2 rings (SSSR count). The number of hydrogen-bond donors (Lipinski definition) is 1. The number of ether oxygens (including phenoxy) is 1. The van der Waals surface area contributed by atoms with E-state index in [1.807, 2.05) is 19.2 Å². The summed E-state index contributed by atoms with van der Waals surface area (Å²) in [7, 11) is 3.69. The van der Waals surface area contributed by atoms with E-state index in [-0.39, 0.29) is 5.91 Å². The molecule has 4 nitrogen and oxygen atoms in total. The molecular formula is C15H20N2O2S. The van der Waals surface area contributed by atoms with E-state index in [2.05, 4.69) is 28.2 Å². The number of nitrogens with one attached hydrogen (secondary N) is 1. The predicted molar refractivity (Wildman–Crippen MR) is 83.1 cm³/mol. The second-order valence-corrected chi connectivity index (χ2v) is 5.62. The lowest BCUT2D eigenvalue weighted by Crippen LogP contribution is -2.26. The predicted octanol–water partition coefficient (Wildman–Crippen LogP) is 2.42. The van der Waals surface area contributed by atoms with Crippen LogP contribution in [0.2, 0.25) is 0 Å². The lowest BCUT2D eigenvalue weighted by Gasteiger charge is -2.04. The fourth-order valence-electron chi connectivity index (χ4n) is 2.06. The Kier molecular flexibility index (Phi) is 5.49. The van der Waals surface area contributed by atoms with Crippen LogP contribution in [0, 0.1) is 0 Å². The van der Waals surface area contributed by atoms with Crippen LogP contribution in [0.15, 0.2) is 35.4 Å². The molecule has 0 bridgehead atoms. The summed E-state index contributed by atoms with van der Waals surface area (Å²) in [5, 5.41) is 4.10. The highest BCUT2D eigenvalue weighted by molar-refractivity contribution is 8.00. The SMILES string of the molecule is COCCCNC(=O)CSc1cn(C)c2ccccc12. The van der Waals surface area contributed by atoms with Crippen LogP contribution in [-0.2, 0) is 16.6 Å². The minimum Gasteiger partial charge on any atom is -0.385 e. The van der Waals surface area contributed by atoms with Gasteiger partial charge in [-0.2, -0.15) is 0 Å². The average Bonchev–Trinajstić information content (AvgIpc) is 2.79. The number of aryl methyl sites for hydroxylation is 1. The number of para-hydroxylation sites is 1. The maximum Gasteiger partial charge on any atom is 0.230 e. The molecule has 0 radical (unpaired) electrons. The van der Waals surface area contributed by atoms with Gasteiger partial charge >= 0.3 is 0 Å². The largest absolute Gasteiger partial charge is 0.385 e. The Bertz CT molecular complexity index is 580. The first kappa shape index (κ1) is 14.9. The number of nitrogens with zero attached hydrogens (tertiary/aromatic N) is 1. The van der Waals surface area contributed by atoms with Crippen molar-refractivity contribution in [2.45, 2.75) is 11.3 Å². The average molecular weight is 292 g/mol. The highest BCUT2D eigenvalue weighted by Gasteiger charge is 2.08. The topological polar surface area (TPSA) is 43.3 Å². The van der Waals surface area contributed by atoms with Gasteiger partial charge in [0.05, 0.1) is 5.75 Å². The van der Waals surface area contributed by atoms with Crippen molar-refractivity contribution in [3.8, 4) is 0 Å². The van der Waals surface area contributed by atoms with Crippen molar-refractivity contribution in [3.05, 3.63) is 30.5 Å². The van der Waals surface area contributed by atoms with E-state index in [1.54, 1.807) is 18.9 Å². The molecule has 0 aliphatic heterocycles. The molecule has 0 aliphatic rings. The highest BCUT2D eigenvalue weighted by atomic mass is 32.2. The fourth-order valence-corrected chi connectivity index (χ4v) is 3.01. The second kappa shape index (κ2) is 7.36. The van der Waals surface area contributed by atoms with E-state index in [0.717, 1.165) is 11.3 Å². The fraction of sp³-hybridized carbons (Fsp3) is 0.400. The molecule has 5 heteroatoms. The number of aromatic nitrogens is 1. The van der Waals surface area contributed by atoms with E-state index >= 15 is 0 Å². The Hall–Kier alpha value is -1.46. The van der Waals surface area contributed by atoms with Crippen molar-refractivity contribution >= 4 is 28.6 Å². The Morgan fingerprint density at radius 2 is 2.20 bits per heavy atom. The molecule has 0 unspecified atom stereocenters. The third-order valence-electron chi connectivity index (χ3n) is 3.07. The molecule has 0 atom stereocenters. The first-order valence-electron chi connectivity index (χ1n) is 6.65. The molecule has 20 heavy (non-hydrogen) atoms. The molecular weight excluding hydrogens is 272 g/mol. The van der Waals surface area contributed by atoms with Crippen LogP contribution in [0.25, 0.3) is 10.9 Å². The second-order valence-electron chi connectivity index (χ2n) is 4.61. The van der Waals surface area contributed by atoms with Crippen LogP contribution in [-0.4, -0.2) is 36.5 Å². The number of carbonyl (C=O) groups is 1. The molecule has 1 aromatic heterocycles. The summed E-state index contributed by atoms with van der Waals surface area (Å²) in [6, 6.07) is 8.23. The summed E-state index contributed by atoms with van der Waals surface area (Å²) in [4.78, 5) is 12.9. The Morgan fingerprint density at radius 3 is 3.00 bits per heavy atom. The van der Waals surface area contributed by atoms with E-state index in [0.29, 0.717) is 18.9 Å². The van der Waals surface area contributed by atoms with Gasteiger partial charge in [-0.05, 0) is 12.5 Å². The zero-order valence-electron chi connectivity index (χ0n) is 11.9. The van der Waals surface area contributed by atoms with Crippen molar-refractivity contribution in [1.29, 1.82) is 0 Å². The van der Waals surface area contributed by atoms with E-state index in [1.165, 1.54) is 10.9 Å². The zero-order chi connectivity index (χ0) is 14.4. The van der Waals surface area contributed by atoms with Gasteiger partial charge in [0.15, 0.2) is 0 Å². The summed E-state index contributed by atoms with van der Waals surface area (Å²) < 4.78 is 7.04. The van der Waals surface area contributed by atoms with Crippen LogP contribution in [0.3, 0.4) is 0 Å². The minimum atomic E-state index is 0.0686. The van der Waals surface area contributed by atoms with E-state index < -0.39 is 0 Å². The molecule has 2 aromatic rings. The highest BCUT2D eigenvalue weighted by Crippen LogP contribution is 2.29. The summed E-state index contributed by atoms with van der Waals surface area (Å²) in [6.45, 7) is 1.35. The van der Waals surface area contributed by atoms with Crippen molar-refractivity contribution in [2.75, 3.05) is 26.0 Å².